The molecule has 0 atom stereocenters. The molecule has 0 radical (unpaired) electrons. The fraction of sp³-hybridized carbons (Fsp3) is 0.133. The molecule has 5 nitrogen and oxygen atoms in total. The first kappa shape index (κ1) is 13.7. The lowest BCUT2D eigenvalue weighted by molar-refractivity contribution is 0.262. The lowest BCUT2D eigenvalue weighted by Crippen LogP contribution is -2.20. The maximum atomic E-state index is 11.9. The van der Waals surface area contributed by atoms with Crippen LogP contribution in [0.5, 0.6) is 5.75 Å². The normalized spacial score (nSPS) is 9.90. The van der Waals surface area contributed by atoms with Crippen LogP contribution in [0.15, 0.2) is 42.5 Å². The number of nitrogens with two attached hydrogens (primary N) is 1. The van der Waals surface area contributed by atoms with Crippen molar-refractivity contribution in [3.63, 3.8) is 0 Å². The van der Waals surface area contributed by atoms with E-state index in [1.165, 1.54) is 0 Å². The van der Waals surface area contributed by atoms with Crippen LogP contribution < -0.4 is 21.1 Å². The van der Waals surface area contributed by atoms with Gasteiger partial charge in [0.2, 0.25) is 0 Å². The summed E-state index contributed by atoms with van der Waals surface area (Å²) in [5.74, 6) is 0.678. The van der Waals surface area contributed by atoms with Crippen molar-refractivity contribution in [1.29, 1.82) is 0 Å². The number of benzene rings is 2. The van der Waals surface area contributed by atoms with Gasteiger partial charge in [-0.3, -0.25) is 0 Å². The number of hydrogen-bond donors (Lipinski definition) is 3. The summed E-state index contributed by atoms with van der Waals surface area (Å²) < 4.78 is 5.10. The Morgan fingerprint density at radius 1 is 1.15 bits per heavy atom. The number of ether oxygens (including phenoxy) is 1. The van der Waals surface area contributed by atoms with Crippen molar-refractivity contribution >= 4 is 23.1 Å². The third-order valence-corrected chi connectivity index (χ3v) is 2.78. The molecule has 104 valence electrons. The van der Waals surface area contributed by atoms with Crippen molar-refractivity contribution in [2.75, 3.05) is 23.5 Å². The first-order chi connectivity index (χ1) is 9.58. The molecule has 5 heteroatoms. The minimum atomic E-state index is -0.353. The largest absolute Gasteiger partial charge is 0.497 e. The molecule has 0 saturated carbocycles. The van der Waals surface area contributed by atoms with Gasteiger partial charge >= 0.3 is 6.03 Å². The average Bonchev–Trinajstić information content (AvgIpc) is 2.42. The third kappa shape index (κ3) is 3.41. The van der Waals surface area contributed by atoms with E-state index < -0.39 is 0 Å². The summed E-state index contributed by atoms with van der Waals surface area (Å²) >= 11 is 0. The highest BCUT2D eigenvalue weighted by molar-refractivity contribution is 6.01. The molecule has 0 saturated heterocycles. The Bertz CT molecular complexity index is 626. The Morgan fingerprint density at radius 3 is 2.65 bits per heavy atom. The Kier molecular flexibility index (Phi) is 4.10. The number of anilines is 3. The summed E-state index contributed by atoms with van der Waals surface area (Å²) in [5, 5.41) is 5.43. The second-order valence-corrected chi connectivity index (χ2v) is 4.40. The summed E-state index contributed by atoms with van der Waals surface area (Å²) in [6.45, 7) is 1.94. The minimum absolute atomic E-state index is 0.353. The van der Waals surface area contributed by atoms with Crippen molar-refractivity contribution < 1.29 is 9.53 Å². The summed E-state index contributed by atoms with van der Waals surface area (Å²) in [6.07, 6.45) is 0. The molecular formula is C15H17N3O2. The van der Waals surface area contributed by atoms with Crippen LogP contribution >= 0.6 is 0 Å². The first-order valence-corrected chi connectivity index (χ1v) is 6.16. The van der Waals surface area contributed by atoms with Crippen LogP contribution in [0.4, 0.5) is 21.9 Å². The van der Waals surface area contributed by atoms with Gasteiger partial charge in [-0.1, -0.05) is 12.1 Å². The molecule has 0 spiro atoms. The molecule has 2 amide bonds. The molecule has 4 N–H and O–H groups in total. The maximum Gasteiger partial charge on any atom is 0.323 e. The van der Waals surface area contributed by atoms with Crippen molar-refractivity contribution in [3.8, 4) is 5.75 Å². The number of hydrogen-bond acceptors (Lipinski definition) is 3. The predicted molar refractivity (Wildman–Crippen MR) is 81.2 cm³/mol. The monoisotopic (exact) mass is 271 g/mol. The van der Waals surface area contributed by atoms with Gasteiger partial charge in [0.05, 0.1) is 18.5 Å². The van der Waals surface area contributed by atoms with E-state index in [0.29, 0.717) is 22.8 Å². The summed E-state index contributed by atoms with van der Waals surface area (Å²) in [6, 6.07) is 12.2. The highest BCUT2D eigenvalue weighted by atomic mass is 16.5. The van der Waals surface area contributed by atoms with Crippen LogP contribution in [0.2, 0.25) is 0 Å². The molecule has 0 aliphatic rings. The first-order valence-electron chi connectivity index (χ1n) is 6.16. The number of rotatable bonds is 3. The fourth-order valence-corrected chi connectivity index (χ4v) is 1.78. The number of nitrogen functional groups attached to an aromatic ring is 1. The molecule has 0 aromatic heterocycles. The van der Waals surface area contributed by atoms with E-state index >= 15 is 0 Å². The van der Waals surface area contributed by atoms with Crippen LogP contribution in [0.1, 0.15) is 5.56 Å². The van der Waals surface area contributed by atoms with Gasteiger partial charge in [-0.25, -0.2) is 4.79 Å². The standard InChI is InChI=1S/C15H17N3O2/c1-10-6-7-14(13(16)8-10)18-15(19)17-11-4-3-5-12(9-11)20-2/h3-9H,16H2,1-2H3,(H2,17,18,19). The molecule has 0 unspecified atom stereocenters. The average molecular weight is 271 g/mol. The fourth-order valence-electron chi connectivity index (χ4n) is 1.78. The zero-order valence-electron chi connectivity index (χ0n) is 11.4. The van der Waals surface area contributed by atoms with Gasteiger partial charge < -0.3 is 21.1 Å². The van der Waals surface area contributed by atoms with Crippen molar-refractivity contribution in [2.45, 2.75) is 6.92 Å². The molecular weight excluding hydrogens is 254 g/mol. The quantitative estimate of drug-likeness (QED) is 0.750. The molecule has 20 heavy (non-hydrogen) atoms. The molecule has 0 heterocycles. The number of nitrogens with one attached hydrogen (secondary N) is 2. The topological polar surface area (TPSA) is 76.4 Å². The van der Waals surface area contributed by atoms with Crippen LogP contribution in [0.3, 0.4) is 0 Å². The third-order valence-electron chi connectivity index (χ3n) is 2.78. The molecule has 0 fully saturated rings. The van der Waals surface area contributed by atoms with E-state index in [1.54, 1.807) is 43.5 Å². The van der Waals surface area contributed by atoms with Crippen LogP contribution in [-0.4, -0.2) is 13.1 Å². The molecule has 2 rings (SSSR count). The molecule has 0 bridgehead atoms. The van der Waals surface area contributed by atoms with E-state index in [0.717, 1.165) is 5.56 Å². The predicted octanol–water partition coefficient (Wildman–Crippen LogP) is 3.23. The van der Waals surface area contributed by atoms with Crippen molar-refractivity contribution in [2.24, 2.45) is 0 Å². The molecule has 0 aliphatic carbocycles. The number of carbonyl (C=O) groups excluding carboxylic acids is 1. The van der Waals surface area contributed by atoms with E-state index in [-0.39, 0.29) is 6.03 Å². The van der Waals surface area contributed by atoms with E-state index in [9.17, 15) is 4.79 Å². The highest BCUT2D eigenvalue weighted by Crippen LogP contribution is 2.20. The van der Waals surface area contributed by atoms with Gasteiger partial charge in [-0.2, -0.15) is 0 Å². The number of methoxy groups -OCH3 is 1. The Morgan fingerprint density at radius 2 is 1.95 bits per heavy atom. The Labute approximate surface area is 117 Å². The van der Waals surface area contributed by atoms with Crippen molar-refractivity contribution in [1.82, 2.24) is 0 Å². The number of carbonyl (C=O) groups is 1. The lowest BCUT2D eigenvalue weighted by Gasteiger charge is -2.11. The van der Waals surface area contributed by atoms with Gasteiger partial charge in [0.1, 0.15) is 5.75 Å². The lowest BCUT2D eigenvalue weighted by atomic mass is 10.2. The van der Waals surface area contributed by atoms with Gasteiger partial charge in [0, 0.05) is 11.8 Å². The minimum Gasteiger partial charge on any atom is -0.497 e. The molecule has 2 aromatic rings. The van der Waals surface area contributed by atoms with E-state index in [2.05, 4.69) is 10.6 Å². The zero-order chi connectivity index (χ0) is 14.5. The van der Waals surface area contributed by atoms with E-state index in [1.807, 2.05) is 13.0 Å². The van der Waals surface area contributed by atoms with Gasteiger partial charge in [-0.15, -0.1) is 0 Å². The number of urea groups is 1. The Hall–Kier alpha value is -2.69. The van der Waals surface area contributed by atoms with Crippen LogP contribution in [0.25, 0.3) is 0 Å². The highest BCUT2D eigenvalue weighted by Gasteiger charge is 2.06. The Balaban J connectivity index is 2.05. The van der Waals surface area contributed by atoms with Gasteiger partial charge in [0.15, 0.2) is 0 Å². The summed E-state index contributed by atoms with van der Waals surface area (Å²) in [7, 11) is 1.58. The second kappa shape index (κ2) is 5.97. The summed E-state index contributed by atoms with van der Waals surface area (Å²) in [4.78, 5) is 11.9. The number of aryl methyl sites for hydroxylation is 1. The van der Waals surface area contributed by atoms with Crippen LogP contribution in [-0.2, 0) is 0 Å². The SMILES string of the molecule is COc1cccc(NC(=O)Nc2ccc(C)cc2N)c1. The van der Waals surface area contributed by atoms with Gasteiger partial charge in [-0.05, 0) is 36.8 Å². The maximum absolute atomic E-state index is 11.9. The number of amides is 2. The summed E-state index contributed by atoms with van der Waals surface area (Å²) in [5.41, 5.74) is 8.65. The molecule has 2 aromatic carbocycles. The van der Waals surface area contributed by atoms with Gasteiger partial charge in [0.25, 0.3) is 0 Å². The molecule has 0 aliphatic heterocycles. The second-order valence-electron chi connectivity index (χ2n) is 4.40. The van der Waals surface area contributed by atoms with Crippen molar-refractivity contribution in [3.05, 3.63) is 48.0 Å². The van der Waals surface area contributed by atoms with E-state index in [4.69, 9.17) is 10.5 Å². The zero-order valence-corrected chi connectivity index (χ0v) is 11.4. The van der Waals surface area contributed by atoms with Crippen LogP contribution in [0, 0.1) is 6.92 Å². The smallest absolute Gasteiger partial charge is 0.323 e.